The van der Waals surface area contributed by atoms with E-state index >= 15 is 0 Å². The number of halogens is 2. The zero-order chi connectivity index (χ0) is 12.7. The number of hydrogen-bond acceptors (Lipinski definition) is 3. The van der Waals surface area contributed by atoms with Gasteiger partial charge in [-0.3, -0.25) is 0 Å². The van der Waals surface area contributed by atoms with Gasteiger partial charge in [-0.15, -0.1) is 0 Å². The van der Waals surface area contributed by atoms with Crippen LogP contribution in [0.3, 0.4) is 0 Å². The van der Waals surface area contributed by atoms with Crippen molar-refractivity contribution in [2.75, 3.05) is 20.3 Å². The van der Waals surface area contributed by atoms with Crippen LogP contribution in [0.25, 0.3) is 0 Å². The molecule has 0 saturated carbocycles. The standard InChI is InChI=1S/C12H17F2NO2/c1-3-16-8-11(15-2)9-5-4-6-10(7-9)17-12(13)14/h4-7,11-12,15H,3,8H2,1-2H3. The van der Waals surface area contributed by atoms with Crippen LogP contribution in [0, 0.1) is 0 Å². The van der Waals surface area contributed by atoms with E-state index in [-0.39, 0.29) is 11.8 Å². The highest BCUT2D eigenvalue weighted by atomic mass is 19.3. The molecule has 3 nitrogen and oxygen atoms in total. The average molecular weight is 245 g/mol. The second-order valence-corrected chi connectivity index (χ2v) is 3.45. The average Bonchev–Trinajstić information content (AvgIpc) is 2.30. The molecule has 1 aromatic carbocycles. The number of benzene rings is 1. The topological polar surface area (TPSA) is 30.5 Å². The lowest BCUT2D eigenvalue weighted by Crippen LogP contribution is -2.21. The van der Waals surface area contributed by atoms with E-state index in [4.69, 9.17) is 4.74 Å². The van der Waals surface area contributed by atoms with E-state index in [9.17, 15) is 8.78 Å². The Hall–Kier alpha value is -1.20. The quantitative estimate of drug-likeness (QED) is 0.801. The monoisotopic (exact) mass is 245 g/mol. The summed E-state index contributed by atoms with van der Waals surface area (Å²) in [6.45, 7) is 0.213. The predicted molar refractivity (Wildman–Crippen MR) is 61.4 cm³/mol. The van der Waals surface area contributed by atoms with Crippen LogP contribution in [-0.4, -0.2) is 26.9 Å². The maximum atomic E-state index is 12.1. The summed E-state index contributed by atoms with van der Waals surface area (Å²) in [6, 6.07) is 6.59. The van der Waals surface area contributed by atoms with Gasteiger partial charge in [0.05, 0.1) is 12.6 Å². The molecule has 5 heteroatoms. The number of likely N-dealkylation sites (N-methyl/N-ethyl adjacent to an activating group) is 1. The maximum absolute atomic E-state index is 12.1. The summed E-state index contributed by atoms with van der Waals surface area (Å²) in [4.78, 5) is 0. The van der Waals surface area contributed by atoms with Crippen LogP contribution in [0.1, 0.15) is 18.5 Å². The lowest BCUT2D eigenvalue weighted by Gasteiger charge is -2.17. The Morgan fingerprint density at radius 2 is 2.12 bits per heavy atom. The first kappa shape index (κ1) is 13.9. The Bertz CT molecular complexity index is 334. The molecule has 0 aliphatic carbocycles. The maximum Gasteiger partial charge on any atom is 0.387 e. The fourth-order valence-electron chi connectivity index (χ4n) is 1.49. The molecule has 1 atom stereocenters. The molecule has 0 saturated heterocycles. The molecular weight excluding hydrogens is 228 g/mol. The molecule has 17 heavy (non-hydrogen) atoms. The molecular formula is C12H17F2NO2. The third kappa shape index (κ3) is 4.66. The van der Waals surface area contributed by atoms with E-state index in [1.54, 1.807) is 19.2 Å². The summed E-state index contributed by atoms with van der Waals surface area (Å²) < 4.78 is 33.8. The van der Waals surface area contributed by atoms with Crippen LogP contribution in [0.15, 0.2) is 24.3 Å². The van der Waals surface area contributed by atoms with Crippen LogP contribution >= 0.6 is 0 Å². The van der Waals surface area contributed by atoms with Crippen LogP contribution < -0.4 is 10.1 Å². The van der Waals surface area contributed by atoms with Crippen molar-refractivity contribution in [2.24, 2.45) is 0 Å². The summed E-state index contributed by atoms with van der Waals surface area (Å²) in [6.07, 6.45) is 0. The van der Waals surface area contributed by atoms with Gasteiger partial charge in [-0.2, -0.15) is 8.78 Å². The third-order valence-electron chi connectivity index (χ3n) is 2.32. The van der Waals surface area contributed by atoms with E-state index in [1.165, 1.54) is 6.07 Å². The Balaban J connectivity index is 2.73. The summed E-state index contributed by atoms with van der Waals surface area (Å²) in [7, 11) is 1.80. The van der Waals surface area contributed by atoms with Crippen molar-refractivity contribution in [3.8, 4) is 5.75 Å². The first-order valence-corrected chi connectivity index (χ1v) is 5.47. The Morgan fingerprint density at radius 3 is 2.71 bits per heavy atom. The minimum atomic E-state index is -2.80. The first-order valence-electron chi connectivity index (χ1n) is 5.47. The highest BCUT2D eigenvalue weighted by Crippen LogP contribution is 2.20. The van der Waals surface area contributed by atoms with Crippen LogP contribution in [-0.2, 0) is 4.74 Å². The minimum absolute atomic E-state index is 0.0313. The number of hydrogen-bond donors (Lipinski definition) is 1. The van der Waals surface area contributed by atoms with Crippen LogP contribution in [0.5, 0.6) is 5.75 Å². The normalized spacial score (nSPS) is 12.8. The summed E-state index contributed by atoms with van der Waals surface area (Å²) in [5, 5.41) is 3.07. The molecule has 0 aliphatic rings. The van der Waals surface area contributed by atoms with Crippen molar-refractivity contribution in [3.63, 3.8) is 0 Å². The molecule has 0 amide bonds. The molecule has 0 heterocycles. The largest absolute Gasteiger partial charge is 0.435 e. The molecule has 0 aliphatic heterocycles. The summed E-state index contributed by atoms with van der Waals surface area (Å²) in [5.74, 6) is 0.161. The highest BCUT2D eigenvalue weighted by molar-refractivity contribution is 5.30. The molecule has 1 unspecified atom stereocenters. The van der Waals surface area contributed by atoms with E-state index in [1.807, 2.05) is 13.0 Å². The van der Waals surface area contributed by atoms with Gasteiger partial charge >= 0.3 is 6.61 Å². The smallest absolute Gasteiger partial charge is 0.387 e. The summed E-state index contributed by atoms with van der Waals surface area (Å²) >= 11 is 0. The van der Waals surface area contributed by atoms with Gasteiger partial charge < -0.3 is 14.8 Å². The lowest BCUT2D eigenvalue weighted by molar-refractivity contribution is -0.0499. The van der Waals surface area contributed by atoms with Gasteiger partial charge in [-0.25, -0.2) is 0 Å². The van der Waals surface area contributed by atoms with Gasteiger partial charge in [-0.1, -0.05) is 12.1 Å². The van der Waals surface area contributed by atoms with Gasteiger partial charge in [0, 0.05) is 6.61 Å². The van der Waals surface area contributed by atoms with E-state index in [0.717, 1.165) is 5.56 Å². The van der Waals surface area contributed by atoms with Crippen molar-refractivity contribution < 1.29 is 18.3 Å². The zero-order valence-corrected chi connectivity index (χ0v) is 9.95. The van der Waals surface area contributed by atoms with Crippen molar-refractivity contribution in [3.05, 3.63) is 29.8 Å². The predicted octanol–water partition coefficient (Wildman–Crippen LogP) is 2.59. The molecule has 0 bridgehead atoms. The molecule has 1 aromatic rings. The number of nitrogens with one attached hydrogen (secondary N) is 1. The van der Waals surface area contributed by atoms with Gasteiger partial charge in [0.1, 0.15) is 5.75 Å². The lowest BCUT2D eigenvalue weighted by atomic mass is 10.1. The first-order chi connectivity index (χ1) is 8.17. The van der Waals surface area contributed by atoms with Gasteiger partial charge in [0.2, 0.25) is 0 Å². The van der Waals surface area contributed by atoms with Gasteiger partial charge in [0.25, 0.3) is 0 Å². The van der Waals surface area contributed by atoms with Crippen molar-refractivity contribution in [1.29, 1.82) is 0 Å². The number of rotatable bonds is 7. The van der Waals surface area contributed by atoms with Gasteiger partial charge in [0.15, 0.2) is 0 Å². The molecule has 96 valence electrons. The zero-order valence-electron chi connectivity index (χ0n) is 9.95. The molecule has 1 N–H and O–H groups in total. The van der Waals surface area contributed by atoms with Crippen LogP contribution in [0.4, 0.5) is 8.78 Å². The fraction of sp³-hybridized carbons (Fsp3) is 0.500. The van der Waals surface area contributed by atoms with Crippen molar-refractivity contribution >= 4 is 0 Å². The van der Waals surface area contributed by atoms with Crippen molar-refractivity contribution in [2.45, 2.75) is 19.6 Å². The number of ether oxygens (including phenoxy) is 2. The van der Waals surface area contributed by atoms with E-state index < -0.39 is 6.61 Å². The molecule has 0 radical (unpaired) electrons. The Morgan fingerprint density at radius 1 is 1.35 bits per heavy atom. The van der Waals surface area contributed by atoms with Crippen molar-refractivity contribution in [1.82, 2.24) is 5.32 Å². The Labute approximate surface area is 99.7 Å². The Kier molecular flexibility index (Phi) is 5.86. The SMILES string of the molecule is CCOCC(NC)c1cccc(OC(F)F)c1. The molecule has 1 rings (SSSR count). The van der Waals surface area contributed by atoms with Gasteiger partial charge in [-0.05, 0) is 31.7 Å². The minimum Gasteiger partial charge on any atom is -0.435 e. The summed E-state index contributed by atoms with van der Waals surface area (Å²) in [5.41, 5.74) is 0.860. The highest BCUT2D eigenvalue weighted by Gasteiger charge is 2.11. The molecule has 0 aromatic heterocycles. The molecule has 0 spiro atoms. The fourth-order valence-corrected chi connectivity index (χ4v) is 1.49. The third-order valence-corrected chi connectivity index (χ3v) is 2.32. The number of alkyl halides is 2. The second-order valence-electron chi connectivity index (χ2n) is 3.45. The van der Waals surface area contributed by atoms with E-state index in [0.29, 0.717) is 13.2 Å². The van der Waals surface area contributed by atoms with E-state index in [2.05, 4.69) is 10.1 Å². The van der Waals surface area contributed by atoms with Crippen LogP contribution in [0.2, 0.25) is 0 Å². The second kappa shape index (κ2) is 7.19. The molecule has 0 fully saturated rings.